The first-order valence-electron chi connectivity index (χ1n) is 15.2. The third kappa shape index (κ3) is 7.62. The maximum atomic E-state index is 15.1. The van der Waals surface area contributed by atoms with Crippen LogP contribution < -0.4 is 4.74 Å². The van der Waals surface area contributed by atoms with Crippen LogP contribution in [0.5, 0.6) is 5.75 Å². The predicted molar refractivity (Wildman–Crippen MR) is 150 cm³/mol. The minimum atomic E-state index is -4.44. The molecule has 0 amide bonds. The summed E-state index contributed by atoms with van der Waals surface area (Å²) < 4.78 is 131. The first kappa shape index (κ1) is 33.2. The average Bonchev–Trinajstić information content (AvgIpc) is 2.99. The summed E-state index contributed by atoms with van der Waals surface area (Å²) in [5.74, 6) is -9.31. The van der Waals surface area contributed by atoms with E-state index in [0.717, 1.165) is 81.3 Å². The van der Waals surface area contributed by atoms with Crippen LogP contribution in [0.25, 0.3) is 0 Å². The zero-order valence-corrected chi connectivity index (χ0v) is 24.7. The zero-order valence-electron chi connectivity index (χ0n) is 24.7. The van der Waals surface area contributed by atoms with Crippen LogP contribution in [-0.2, 0) is 15.6 Å². The molecule has 1 aliphatic heterocycles. The van der Waals surface area contributed by atoms with Crippen molar-refractivity contribution in [3.8, 4) is 5.75 Å². The summed E-state index contributed by atoms with van der Waals surface area (Å²) in [5, 5.41) is 0. The SMILES string of the molecule is CCCCCC1CCC(c2cc(F)c(C(F)(F)Oc3ccc(C4COC(c5cc(F)c(F)c(F)c5)OC4)c(F)c3)c(F)c2)CC1. The summed E-state index contributed by atoms with van der Waals surface area (Å²) in [5.41, 5.74) is -1.34. The molecule has 0 atom stereocenters. The van der Waals surface area contributed by atoms with Crippen molar-refractivity contribution in [2.75, 3.05) is 13.2 Å². The van der Waals surface area contributed by atoms with Gasteiger partial charge in [0.1, 0.15) is 28.8 Å². The molecule has 3 aromatic rings. The fourth-order valence-corrected chi connectivity index (χ4v) is 6.26. The van der Waals surface area contributed by atoms with Gasteiger partial charge in [-0.2, -0.15) is 8.78 Å². The Morgan fingerprint density at radius 1 is 0.711 bits per heavy atom. The lowest BCUT2D eigenvalue weighted by Crippen LogP contribution is -2.27. The van der Waals surface area contributed by atoms with Gasteiger partial charge in [0, 0.05) is 17.5 Å². The third-order valence-electron chi connectivity index (χ3n) is 8.72. The van der Waals surface area contributed by atoms with E-state index < -0.39 is 64.5 Å². The Labute approximate surface area is 256 Å². The number of halogens is 8. The van der Waals surface area contributed by atoms with Crippen LogP contribution in [0.1, 0.15) is 98.7 Å². The van der Waals surface area contributed by atoms with Crippen LogP contribution in [0.2, 0.25) is 0 Å². The molecule has 1 saturated carbocycles. The molecule has 1 saturated heterocycles. The minimum Gasteiger partial charge on any atom is -0.429 e. The van der Waals surface area contributed by atoms with E-state index in [0.29, 0.717) is 17.5 Å². The molecule has 0 N–H and O–H groups in total. The number of alkyl halides is 2. The smallest absolute Gasteiger partial charge is 0.429 e. The van der Waals surface area contributed by atoms with E-state index in [1.165, 1.54) is 6.42 Å². The Hall–Kier alpha value is -3.18. The predicted octanol–water partition coefficient (Wildman–Crippen LogP) is 10.3. The first-order chi connectivity index (χ1) is 21.5. The summed E-state index contributed by atoms with van der Waals surface area (Å²) in [6, 6.07) is 6.13. The fourth-order valence-electron chi connectivity index (χ4n) is 6.26. The standard InChI is InChI=1S/C34H34F8O3/c1-2-3-4-5-19-6-8-20(9-7-19)21-12-27(36)31(28(37)13-21)34(41,42)45-24-10-11-25(26(35)16-24)23-17-43-33(44-18-23)22-14-29(38)32(40)30(39)15-22/h10-16,19-20,23,33H,2-9,17-18H2,1H3. The van der Waals surface area contributed by atoms with Gasteiger partial charge in [-0.25, -0.2) is 26.3 Å². The fraction of sp³-hybridized carbons (Fsp3) is 0.471. The molecule has 1 heterocycles. The van der Waals surface area contributed by atoms with E-state index in [1.807, 2.05) is 0 Å². The Morgan fingerprint density at radius 2 is 1.31 bits per heavy atom. The molecule has 45 heavy (non-hydrogen) atoms. The summed E-state index contributed by atoms with van der Waals surface area (Å²) in [6.07, 6.45) is 2.21. The molecule has 0 unspecified atom stereocenters. The van der Waals surface area contributed by atoms with Crippen LogP contribution in [0, 0.1) is 40.8 Å². The van der Waals surface area contributed by atoms with E-state index in [-0.39, 0.29) is 30.3 Å². The molecule has 2 fully saturated rings. The van der Waals surface area contributed by atoms with Gasteiger partial charge in [0.2, 0.25) is 0 Å². The molecule has 3 aromatic carbocycles. The number of benzene rings is 3. The quantitative estimate of drug-likeness (QED) is 0.125. The second-order valence-electron chi connectivity index (χ2n) is 11.9. The number of rotatable bonds is 10. The van der Waals surface area contributed by atoms with E-state index in [2.05, 4.69) is 11.7 Å². The highest BCUT2D eigenvalue weighted by atomic mass is 19.3. The Balaban J connectivity index is 1.21. The second-order valence-corrected chi connectivity index (χ2v) is 11.9. The van der Waals surface area contributed by atoms with Gasteiger partial charge in [0.15, 0.2) is 23.7 Å². The highest BCUT2D eigenvalue weighted by Gasteiger charge is 2.42. The molecular formula is C34H34F8O3. The van der Waals surface area contributed by atoms with Crippen molar-refractivity contribution in [1.29, 1.82) is 0 Å². The lowest BCUT2D eigenvalue weighted by atomic mass is 9.77. The van der Waals surface area contributed by atoms with Crippen LogP contribution in [-0.4, -0.2) is 13.2 Å². The van der Waals surface area contributed by atoms with Crippen molar-refractivity contribution in [2.24, 2.45) is 5.92 Å². The normalized spacial score (nSPS) is 22.4. The van der Waals surface area contributed by atoms with Gasteiger partial charge in [-0.3, -0.25) is 0 Å². The van der Waals surface area contributed by atoms with Gasteiger partial charge in [-0.05, 0) is 79.0 Å². The van der Waals surface area contributed by atoms with Gasteiger partial charge < -0.3 is 14.2 Å². The Bertz CT molecular complexity index is 1430. The highest BCUT2D eigenvalue weighted by molar-refractivity contribution is 5.35. The van der Waals surface area contributed by atoms with Gasteiger partial charge in [-0.15, -0.1) is 0 Å². The molecule has 1 aliphatic carbocycles. The van der Waals surface area contributed by atoms with Crippen LogP contribution >= 0.6 is 0 Å². The van der Waals surface area contributed by atoms with Crippen molar-refractivity contribution in [3.05, 3.63) is 99.6 Å². The number of ether oxygens (including phenoxy) is 3. The van der Waals surface area contributed by atoms with Crippen LogP contribution in [0.15, 0.2) is 42.5 Å². The molecule has 0 aromatic heterocycles. The molecule has 3 nitrogen and oxygen atoms in total. The minimum absolute atomic E-state index is 0.00221. The topological polar surface area (TPSA) is 27.7 Å². The maximum absolute atomic E-state index is 15.1. The molecule has 5 rings (SSSR count). The van der Waals surface area contributed by atoms with Crippen molar-refractivity contribution in [1.82, 2.24) is 0 Å². The van der Waals surface area contributed by atoms with Gasteiger partial charge in [0.05, 0.1) is 13.2 Å². The Kier molecular flexibility index (Phi) is 10.4. The monoisotopic (exact) mass is 642 g/mol. The summed E-state index contributed by atoms with van der Waals surface area (Å²) in [4.78, 5) is 0. The Morgan fingerprint density at radius 3 is 1.89 bits per heavy atom. The lowest BCUT2D eigenvalue weighted by molar-refractivity contribution is -0.192. The van der Waals surface area contributed by atoms with Crippen molar-refractivity contribution in [2.45, 2.75) is 82.5 Å². The molecule has 0 radical (unpaired) electrons. The number of hydrogen-bond donors (Lipinski definition) is 0. The second kappa shape index (κ2) is 14.1. The van der Waals surface area contributed by atoms with E-state index in [9.17, 15) is 26.3 Å². The van der Waals surface area contributed by atoms with Gasteiger partial charge in [-0.1, -0.05) is 38.7 Å². The largest absolute Gasteiger partial charge is 0.432 e. The summed E-state index contributed by atoms with van der Waals surface area (Å²) >= 11 is 0. The number of hydrogen-bond acceptors (Lipinski definition) is 3. The van der Waals surface area contributed by atoms with E-state index in [1.54, 1.807) is 0 Å². The van der Waals surface area contributed by atoms with Crippen molar-refractivity contribution in [3.63, 3.8) is 0 Å². The average molecular weight is 643 g/mol. The molecule has 244 valence electrons. The third-order valence-corrected chi connectivity index (χ3v) is 8.72. The molecule has 0 bridgehead atoms. The first-order valence-corrected chi connectivity index (χ1v) is 15.2. The summed E-state index contributed by atoms with van der Waals surface area (Å²) in [6.45, 7) is 1.78. The highest BCUT2D eigenvalue weighted by Crippen LogP contribution is 2.42. The van der Waals surface area contributed by atoms with E-state index in [4.69, 9.17) is 9.47 Å². The van der Waals surface area contributed by atoms with Crippen LogP contribution in [0.3, 0.4) is 0 Å². The van der Waals surface area contributed by atoms with Gasteiger partial charge >= 0.3 is 6.11 Å². The zero-order chi connectivity index (χ0) is 32.3. The maximum Gasteiger partial charge on any atom is 0.432 e. The molecule has 2 aliphatic rings. The number of unbranched alkanes of at least 4 members (excludes halogenated alkanes) is 2. The van der Waals surface area contributed by atoms with Crippen LogP contribution in [0.4, 0.5) is 35.1 Å². The van der Waals surface area contributed by atoms with Crippen molar-refractivity contribution < 1.29 is 49.3 Å². The van der Waals surface area contributed by atoms with Gasteiger partial charge in [0.25, 0.3) is 0 Å². The summed E-state index contributed by atoms with van der Waals surface area (Å²) in [7, 11) is 0. The molecule has 11 heteroatoms. The van der Waals surface area contributed by atoms with E-state index >= 15 is 8.78 Å². The van der Waals surface area contributed by atoms with Crippen molar-refractivity contribution >= 4 is 0 Å². The molecular weight excluding hydrogens is 608 g/mol. The lowest BCUT2D eigenvalue weighted by Gasteiger charge is -2.30. The molecule has 0 spiro atoms.